The molecule has 1 aromatic carbocycles. The molecule has 0 radical (unpaired) electrons. The maximum absolute atomic E-state index is 13.4. The zero-order valence-corrected chi connectivity index (χ0v) is 12.7. The van der Waals surface area contributed by atoms with Crippen molar-refractivity contribution in [1.82, 2.24) is 4.98 Å². The van der Waals surface area contributed by atoms with E-state index in [1.807, 2.05) is 13.0 Å². The van der Waals surface area contributed by atoms with Gasteiger partial charge in [-0.15, -0.1) is 0 Å². The minimum absolute atomic E-state index is 0.0364. The van der Waals surface area contributed by atoms with E-state index < -0.39 is 0 Å². The SMILES string of the molecule is CCC(N)Cc1cc(F)ccc1Sc1ccc(Cl)cn1. The van der Waals surface area contributed by atoms with E-state index in [9.17, 15) is 4.39 Å². The second-order valence-electron chi connectivity index (χ2n) is 4.54. The molecule has 0 bridgehead atoms. The van der Waals surface area contributed by atoms with E-state index in [2.05, 4.69) is 4.98 Å². The lowest BCUT2D eigenvalue weighted by Crippen LogP contribution is -2.21. The highest BCUT2D eigenvalue weighted by Gasteiger charge is 2.10. The van der Waals surface area contributed by atoms with Gasteiger partial charge in [-0.1, -0.05) is 30.3 Å². The van der Waals surface area contributed by atoms with Crippen molar-refractivity contribution in [2.24, 2.45) is 5.73 Å². The molecule has 0 aliphatic heterocycles. The molecule has 0 saturated heterocycles. The van der Waals surface area contributed by atoms with Gasteiger partial charge in [0, 0.05) is 17.1 Å². The average Bonchev–Trinajstić information content (AvgIpc) is 2.44. The van der Waals surface area contributed by atoms with E-state index >= 15 is 0 Å². The Bertz CT molecular complexity index is 575. The molecule has 2 N–H and O–H groups in total. The van der Waals surface area contributed by atoms with Gasteiger partial charge in [0.25, 0.3) is 0 Å². The molecule has 1 aromatic heterocycles. The minimum Gasteiger partial charge on any atom is -0.327 e. The van der Waals surface area contributed by atoms with Crippen LogP contribution in [0.5, 0.6) is 0 Å². The Balaban J connectivity index is 2.23. The molecule has 0 saturated carbocycles. The van der Waals surface area contributed by atoms with Gasteiger partial charge < -0.3 is 5.73 Å². The Morgan fingerprint density at radius 2 is 2.15 bits per heavy atom. The Morgan fingerprint density at radius 1 is 1.35 bits per heavy atom. The molecule has 5 heteroatoms. The van der Waals surface area contributed by atoms with Crippen LogP contribution in [0.2, 0.25) is 5.02 Å². The number of halogens is 2. The van der Waals surface area contributed by atoms with Crippen LogP contribution in [0.3, 0.4) is 0 Å². The summed E-state index contributed by atoms with van der Waals surface area (Å²) in [5.41, 5.74) is 6.89. The third kappa shape index (κ3) is 4.20. The normalized spacial score (nSPS) is 12.4. The maximum atomic E-state index is 13.4. The average molecular weight is 311 g/mol. The Kier molecular flexibility index (Phi) is 5.40. The van der Waals surface area contributed by atoms with Crippen LogP contribution in [0.15, 0.2) is 46.5 Å². The van der Waals surface area contributed by atoms with Crippen molar-refractivity contribution in [3.63, 3.8) is 0 Å². The van der Waals surface area contributed by atoms with Crippen LogP contribution in [0, 0.1) is 5.82 Å². The first kappa shape index (κ1) is 15.3. The first-order valence-corrected chi connectivity index (χ1v) is 7.61. The Hall–Kier alpha value is -1.10. The lowest BCUT2D eigenvalue weighted by Gasteiger charge is -2.13. The van der Waals surface area contributed by atoms with Crippen LogP contribution in [0.25, 0.3) is 0 Å². The fourth-order valence-corrected chi connectivity index (χ4v) is 2.76. The highest BCUT2D eigenvalue weighted by atomic mass is 35.5. The summed E-state index contributed by atoms with van der Waals surface area (Å²) in [5, 5.41) is 1.43. The van der Waals surface area contributed by atoms with Gasteiger partial charge in [0.05, 0.1) is 5.02 Å². The smallest absolute Gasteiger partial charge is 0.123 e. The fourth-order valence-electron chi connectivity index (χ4n) is 1.77. The zero-order valence-electron chi connectivity index (χ0n) is 11.1. The van der Waals surface area contributed by atoms with Gasteiger partial charge >= 0.3 is 0 Å². The first-order valence-electron chi connectivity index (χ1n) is 6.42. The second kappa shape index (κ2) is 7.07. The molecule has 2 rings (SSSR count). The minimum atomic E-state index is -0.239. The lowest BCUT2D eigenvalue weighted by molar-refractivity contribution is 0.609. The Labute approximate surface area is 127 Å². The molecule has 0 aliphatic carbocycles. The molecule has 0 fully saturated rings. The van der Waals surface area contributed by atoms with Gasteiger partial charge in [-0.3, -0.25) is 0 Å². The molecule has 2 nitrogen and oxygen atoms in total. The van der Waals surface area contributed by atoms with Crippen molar-refractivity contribution in [3.05, 3.63) is 52.9 Å². The molecule has 1 atom stereocenters. The van der Waals surface area contributed by atoms with Gasteiger partial charge in [0.1, 0.15) is 10.8 Å². The third-order valence-electron chi connectivity index (χ3n) is 2.94. The standard InChI is InChI=1S/C15H16ClFN2S/c1-2-13(18)8-10-7-12(17)4-5-14(10)20-15-6-3-11(16)9-19-15/h3-7,9,13H,2,8,18H2,1H3. The molecule has 0 amide bonds. The summed E-state index contributed by atoms with van der Waals surface area (Å²) >= 11 is 7.31. The number of aromatic nitrogens is 1. The largest absolute Gasteiger partial charge is 0.327 e. The van der Waals surface area contributed by atoms with Gasteiger partial charge in [-0.25, -0.2) is 9.37 Å². The molecule has 106 valence electrons. The molecule has 20 heavy (non-hydrogen) atoms. The first-order chi connectivity index (χ1) is 9.58. The predicted molar refractivity (Wildman–Crippen MR) is 81.7 cm³/mol. The molecular weight excluding hydrogens is 295 g/mol. The number of pyridine rings is 1. The van der Waals surface area contributed by atoms with E-state index in [1.165, 1.54) is 17.8 Å². The third-order valence-corrected chi connectivity index (χ3v) is 4.24. The molecule has 0 aliphatic rings. The number of nitrogens with two attached hydrogens (primary N) is 1. The highest BCUT2D eigenvalue weighted by Crippen LogP contribution is 2.30. The molecule has 0 spiro atoms. The topological polar surface area (TPSA) is 38.9 Å². The number of benzene rings is 1. The summed E-state index contributed by atoms with van der Waals surface area (Å²) < 4.78 is 13.4. The molecule has 1 unspecified atom stereocenters. The maximum Gasteiger partial charge on any atom is 0.123 e. The van der Waals surface area contributed by atoms with E-state index in [0.717, 1.165) is 21.9 Å². The van der Waals surface area contributed by atoms with E-state index in [4.69, 9.17) is 17.3 Å². The lowest BCUT2D eigenvalue weighted by atomic mass is 10.0. The predicted octanol–water partition coefficient (Wildman–Crippen LogP) is 4.31. The fraction of sp³-hybridized carbons (Fsp3) is 0.267. The number of nitrogens with zero attached hydrogens (tertiary/aromatic N) is 1. The van der Waals surface area contributed by atoms with Crippen molar-refractivity contribution in [1.29, 1.82) is 0 Å². The summed E-state index contributed by atoms with van der Waals surface area (Å²) in [6.45, 7) is 2.03. The number of hydrogen-bond acceptors (Lipinski definition) is 3. The van der Waals surface area contributed by atoms with Crippen molar-refractivity contribution >= 4 is 23.4 Å². The van der Waals surface area contributed by atoms with Crippen LogP contribution < -0.4 is 5.73 Å². The van der Waals surface area contributed by atoms with Gasteiger partial charge in [-0.05, 0) is 48.7 Å². The van der Waals surface area contributed by atoms with Crippen molar-refractivity contribution < 1.29 is 4.39 Å². The number of rotatable bonds is 5. The van der Waals surface area contributed by atoms with Crippen molar-refractivity contribution in [3.8, 4) is 0 Å². The molecular formula is C15H16ClFN2S. The number of hydrogen-bond donors (Lipinski definition) is 1. The van der Waals surface area contributed by atoms with E-state index in [0.29, 0.717) is 11.4 Å². The van der Waals surface area contributed by atoms with Crippen molar-refractivity contribution in [2.45, 2.75) is 35.7 Å². The van der Waals surface area contributed by atoms with Crippen LogP contribution >= 0.6 is 23.4 Å². The summed E-state index contributed by atoms with van der Waals surface area (Å²) in [6, 6.07) is 8.45. The van der Waals surface area contributed by atoms with Gasteiger partial charge in [0.15, 0.2) is 0 Å². The molecule has 1 heterocycles. The second-order valence-corrected chi connectivity index (χ2v) is 6.04. The van der Waals surface area contributed by atoms with Crippen LogP contribution in [0.1, 0.15) is 18.9 Å². The van der Waals surface area contributed by atoms with Crippen LogP contribution in [-0.4, -0.2) is 11.0 Å². The summed E-state index contributed by atoms with van der Waals surface area (Å²) in [7, 11) is 0. The van der Waals surface area contributed by atoms with Gasteiger partial charge in [0.2, 0.25) is 0 Å². The van der Waals surface area contributed by atoms with Gasteiger partial charge in [-0.2, -0.15) is 0 Å². The van der Waals surface area contributed by atoms with Crippen LogP contribution in [0.4, 0.5) is 4.39 Å². The molecule has 2 aromatic rings. The quantitative estimate of drug-likeness (QED) is 0.894. The summed E-state index contributed by atoms with van der Waals surface area (Å²) in [6.07, 6.45) is 3.12. The zero-order chi connectivity index (χ0) is 14.5. The monoisotopic (exact) mass is 310 g/mol. The van der Waals surface area contributed by atoms with E-state index in [-0.39, 0.29) is 11.9 Å². The van der Waals surface area contributed by atoms with Crippen LogP contribution in [-0.2, 0) is 6.42 Å². The van der Waals surface area contributed by atoms with Crippen molar-refractivity contribution in [2.75, 3.05) is 0 Å². The Morgan fingerprint density at radius 3 is 2.80 bits per heavy atom. The van der Waals surface area contributed by atoms with E-state index in [1.54, 1.807) is 24.4 Å². The summed E-state index contributed by atoms with van der Waals surface area (Å²) in [4.78, 5) is 5.22. The summed E-state index contributed by atoms with van der Waals surface area (Å²) in [5.74, 6) is -0.239. The highest BCUT2D eigenvalue weighted by molar-refractivity contribution is 7.99.